The fraction of sp³-hybridized carbons (Fsp3) is 0.286. The number of carbonyl (C=O) groups is 2. The van der Waals surface area contributed by atoms with Gasteiger partial charge in [-0.05, 0) is 53.8 Å². The minimum Gasteiger partial charge on any atom is -0.493 e. The number of hydrogen-bond acceptors (Lipinski definition) is 7. The Labute approximate surface area is 219 Å². The highest BCUT2D eigenvalue weighted by Crippen LogP contribution is 2.46. The number of hydrogen-bond donors (Lipinski definition) is 1. The number of methoxy groups -OCH3 is 2. The summed E-state index contributed by atoms with van der Waals surface area (Å²) >= 11 is 1.63. The smallest absolute Gasteiger partial charge is 0.254 e. The van der Waals surface area contributed by atoms with Crippen molar-refractivity contribution in [3.63, 3.8) is 0 Å². The normalized spacial score (nSPS) is 18.2. The van der Waals surface area contributed by atoms with Gasteiger partial charge in [0, 0.05) is 29.3 Å². The zero-order chi connectivity index (χ0) is 26.1. The van der Waals surface area contributed by atoms with Crippen LogP contribution in [0.4, 0.5) is 5.69 Å². The summed E-state index contributed by atoms with van der Waals surface area (Å²) in [6, 6.07) is 16.1. The average molecular weight is 521 g/mol. The number of ether oxygens (including phenoxy) is 4. The highest BCUT2D eigenvalue weighted by Gasteiger charge is 2.43. The van der Waals surface area contributed by atoms with Crippen molar-refractivity contribution in [1.29, 1.82) is 0 Å². The summed E-state index contributed by atoms with van der Waals surface area (Å²) in [5, 5.41) is 3.04. The van der Waals surface area contributed by atoms with E-state index in [-0.39, 0.29) is 11.8 Å². The fourth-order valence-electron chi connectivity index (χ4n) is 4.89. The molecule has 2 amide bonds. The molecule has 2 unspecified atom stereocenters. The number of anilines is 1. The zero-order valence-corrected chi connectivity index (χ0v) is 21.9. The number of thioether (sulfide) groups is 1. The van der Waals surface area contributed by atoms with Gasteiger partial charge in [0.1, 0.15) is 13.2 Å². The first-order chi connectivity index (χ1) is 17.9. The molecular weight excluding hydrogens is 492 g/mol. The highest BCUT2D eigenvalue weighted by atomic mass is 32.2. The van der Waals surface area contributed by atoms with Crippen molar-refractivity contribution >= 4 is 29.3 Å². The molecule has 0 saturated heterocycles. The van der Waals surface area contributed by atoms with Gasteiger partial charge < -0.3 is 29.2 Å². The topological polar surface area (TPSA) is 86.3 Å². The number of benzene rings is 3. The second kappa shape index (κ2) is 10.3. The Morgan fingerprint density at radius 1 is 0.973 bits per heavy atom. The van der Waals surface area contributed by atoms with Crippen LogP contribution < -0.4 is 24.3 Å². The molecular formula is C28H28N2O6S. The van der Waals surface area contributed by atoms with E-state index in [1.165, 1.54) is 14.2 Å². The molecule has 2 aliphatic heterocycles. The summed E-state index contributed by atoms with van der Waals surface area (Å²) < 4.78 is 22.3. The van der Waals surface area contributed by atoms with E-state index in [0.717, 1.165) is 10.5 Å². The van der Waals surface area contributed by atoms with Crippen LogP contribution in [-0.2, 0) is 4.79 Å². The Balaban J connectivity index is 1.60. The number of likely N-dealkylation sites (N-methyl/N-ethyl adjacent to an activating group) is 1. The minimum absolute atomic E-state index is 0.196. The molecule has 0 radical (unpaired) electrons. The first-order valence-corrected chi connectivity index (χ1v) is 13.0. The van der Waals surface area contributed by atoms with Gasteiger partial charge in [-0.2, -0.15) is 0 Å². The lowest BCUT2D eigenvalue weighted by molar-refractivity contribution is -0.119. The first-order valence-electron chi connectivity index (χ1n) is 11.8. The van der Waals surface area contributed by atoms with E-state index in [1.54, 1.807) is 54.0 Å². The van der Waals surface area contributed by atoms with Crippen LogP contribution >= 0.6 is 11.8 Å². The van der Waals surface area contributed by atoms with Crippen LogP contribution in [0.1, 0.15) is 33.4 Å². The van der Waals surface area contributed by atoms with E-state index in [0.29, 0.717) is 53.0 Å². The molecule has 8 nitrogen and oxygen atoms in total. The second-order valence-corrected chi connectivity index (χ2v) is 9.63. The lowest BCUT2D eigenvalue weighted by Gasteiger charge is -2.40. The third-order valence-corrected chi connectivity index (χ3v) is 7.47. The van der Waals surface area contributed by atoms with E-state index in [2.05, 4.69) is 5.32 Å². The third kappa shape index (κ3) is 4.55. The molecule has 37 heavy (non-hydrogen) atoms. The summed E-state index contributed by atoms with van der Waals surface area (Å²) in [6.45, 7) is 0.934. The maximum absolute atomic E-state index is 14.0. The van der Waals surface area contributed by atoms with Crippen LogP contribution in [0.25, 0.3) is 0 Å². The van der Waals surface area contributed by atoms with E-state index in [1.807, 2.05) is 30.5 Å². The van der Waals surface area contributed by atoms with Crippen molar-refractivity contribution < 1.29 is 28.5 Å². The van der Waals surface area contributed by atoms with Crippen molar-refractivity contribution in [2.45, 2.75) is 16.9 Å². The molecule has 0 aromatic heterocycles. The van der Waals surface area contributed by atoms with Gasteiger partial charge in [0.2, 0.25) is 5.91 Å². The van der Waals surface area contributed by atoms with E-state index >= 15 is 0 Å². The quantitative estimate of drug-likeness (QED) is 0.470. The molecule has 1 N–H and O–H groups in total. The summed E-state index contributed by atoms with van der Waals surface area (Å²) in [4.78, 5) is 30.3. The molecule has 3 aromatic carbocycles. The van der Waals surface area contributed by atoms with E-state index in [9.17, 15) is 9.59 Å². The maximum atomic E-state index is 14.0. The summed E-state index contributed by atoms with van der Waals surface area (Å²) in [7, 11) is 4.77. The molecule has 2 atom stereocenters. The predicted octanol–water partition coefficient (Wildman–Crippen LogP) is 4.75. The van der Waals surface area contributed by atoms with Gasteiger partial charge in [0.25, 0.3) is 5.91 Å². The van der Waals surface area contributed by atoms with Crippen molar-refractivity contribution in [2.75, 3.05) is 46.1 Å². The monoisotopic (exact) mass is 520 g/mol. The van der Waals surface area contributed by atoms with Gasteiger partial charge in [-0.1, -0.05) is 12.1 Å². The molecule has 2 aliphatic rings. The van der Waals surface area contributed by atoms with Gasteiger partial charge >= 0.3 is 0 Å². The molecule has 0 fully saturated rings. The third-order valence-electron chi connectivity index (χ3n) is 6.72. The molecule has 192 valence electrons. The maximum Gasteiger partial charge on any atom is 0.254 e. The number of nitrogens with zero attached hydrogens (tertiary/aromatic N) is 1. The second-order valence-electron chi connectivity index (χ2n) is 8.75. The number of amides is 2. The van der Waals surface area contributed by atoms with Gasteiger partial charge in [-0.15, -0.1) is 11.8 Å². The van der Waals surface area contributed by atoms with Crippen molar-refractivity contribution in [3.05, 3.63) is 71.3 Å². The number of carbonyl (C=O) groups excluding carboxylic acids is 2. The lowest BCUT2D eigenvalue weighted by atomic mass is 9.79. The SMILES string of the molecule is COc1cc2c(cc1OC)C(C(=O)Nc1ccc3c(c1)OCCO3)C(c1ccc(SC)cc1)N(C)C2=O. The van der Waals surface area contributed by atoms with Crippen molar-refractivity contribution in [2.24, 2.45) is 0 Å². The summed E-state index contributed by atoms with van der Waals surface area (Å²) in [5.41, 5.74) is 2.41. The standard InChI is InChI=1S/C28H28N2O6S/c1-30-26(16-5-8-18(37-4)9-6-16)25(19-14-22(33-2)23(34-3)15-20(19)28(30)32)27(31)29-17-7-10-21-24(13-17)36-12-11-35-21/h5-10,13-15,25-26H,11-12H2,1-4H3,(H,29,31). The molecule has 3 aromatic rings. The number of rotatable bonds is 6. The van der Waals surface area contributed by atoms with E-state index < -0.39 is 12.0 Å². The van der Waals surface area contributed by atoms with Crippen LogP contribution in [0.5, 0.6) is 23.0 Å². The summed E-state index contributed by atoms with van der Waals surface area (Å²) in [6.07, 6.45) is 2.00. The number of nitrogens with one attached hydrogen (secondary N) is 1. The Hall–Kier alpha value is -3.85. The van der Waals surface area contributed by atoms with Crippen LogP contribution in [0, 0.1) is 0 Å². The van der Waals surface area contributed by atoms with Gasteiger partial charge in [0.05, 0.1) is 26.2 Å². The highest BCUT2D eigenvalue weighted by molar-refractivity contribution is 7.98. The number of fused-ring (bicyclic) bond motifs is 2. The van der Waals surface area contributed by atoms with Crippen molar-refractivity contribution in [3.8, 4) is 23.0 Å². The molecule has 5 rings (SSSR count). The molecule has 0 bridgehead atoms. The lowest BCUT2D eigenvalue weighted by Crippen LogP contribution is -2.44. The molecule has 0 spiro atoms. The summed E-state index contributed by atoms with van der Waals surface area (Å²) in [5.74, 6) is 0.925. The van der Waals surface area contributed by atoms with Crippen LogP contribution in [0.2, 0.25) is 0 Å². The zero-order valence-electron chi connectivity index (χ0n) is 21.1. The van der Waals surface area contributed by atoms with Gasteiger partial charge in [0.15, 0.2) is 23.0 Å². The molecule has 2 heterocycles. The largest absolute Gasteiger partial charge is 0.493 e. The minimum atomic E-state index is -0.717. The molecule has 0 saturated carbocycles. The van der Waals surface area contributed by atoms with Crippen molar-refractivity contribution in [1.82, 2.24) is 4.90 Å². The Morgan fingerprint density at radius 2 is 1.65 bits per heavy atom. The predicted molar refractivity (Wildman–Crippen MR) is 141 cm³/mol. The van der Waals surface area contributed by atoms with Crippen LogP contribution in [0.15, 0.2) is 59.5 Å². The van der Waals surface area contributed by atoms with E-state index in [4.69, 9.17) is 18.9 Å². The molecule has 9 heteroatoms. The molecule has 0 aliphatic carbocycles. The van der Waals surface area contributed by atoms with Crippen LogP contribution in [-0.4, -0.2) is 57.5 Å². The van der Waals surface area contributed by atoms with Gasteiger partial charge in [-0.3, -0.25) is 9.59 Å². The van der Waals surface area contributed by atoms with Gasteiger partial charge in [-0.25, -0.2) is 0 Å². The average Bonchev–Trinajstić information content (AvgIpc) is 2.94. The van der Waals surface area contributed by atoms with Crippen LogP contribution in [0.3, 0.4) is 0 Å². The first kappa shape index (κ1) is 24.8. The fourth-order valence-corrected chi connectivity index (χ4v) is 5.30. The Morgan fingerprint density at radius 3 is 2.32 bits per heavy atom. The Kier molecular flexibility index (Phi) is 6.88. The Bertz CT molecular complexity index is 1340.